The monoisotopic (exact) mass is 535 g/mol. The second-order valence-corrected chi connectivity index (χ2v) is 6.57. The minimum Gasteiger partial charge on any atom is -0.444 e. The van der Waals surface area contributed by atoms with Gasteiger partial charge in [-0.1, -0.05) is 6.07 Å². The molecule has 162 valence electrons. The van der Waals surface area contributed by atoms with Gasteiger partial charge in [0.1, 0.15) is 18.6 Å². The second-order valence-electron chi connectivity index (χ2n) is 6.57. The maximum atomic E-state index is 13.1. The third kappa shape index (κ3) is 5.78. The number of fused-ring (bicyclic) bond motifs is 1. The summed E-state index contributed by atoms with van der Waals surface area (Å²) in [4.78, 5) is 9.05. The number of guanidine groups is 1. The molecule has 0 fully saturated rings. The Morgan fingerprint density at radius 1 is 1.13 bits per heavy atom. The first kappa shape index (κ1) is 22.7. The molecule has 0 radical (unpaired) electrons. The van der Waals surface area contributed by atoms with Gasteiger partial charge in [-0.15, -0.1) is 34.2 Å². The summed E-state index contributed by atoms with van der Waals surface area (Å²) in [6.45, 7) is 3.78. The van der Waals surface area contributed by atoms with Gasteiger partial charge in [-0.05, 0) is 43.3 Å². The van der Waals surface area contributed by atoms with Gasteiger partial charge in [0, 0.05) is 31.3 Å². The molecule has 3 heterocycles. The fraction of sp³-hybridized carbons (Fsp3) is 0.238. The van der Waals surface area contributed by atoms with Crippen molar-refractivity contribution in [3.05, 3.63) is 72.3 Å². The summed E-state index contributed by atoms with van der Waals surface area (Å²) in [5, 5.41) is 14.8. The maximum absolute atomic E-state index is 13.1. The van der Waals surface area contributed by atoms with Gasteiger partial charge in [0.25, 0.3) is 0 Å². The lowest BCUT2D eigenvalue weighted by molar-refractivity contribution is 0.571. The van der Waals surface area contributed by atoms with Gasteiger partial charge in [-0.2, -0.15) is 0 Å². The summed E-state index contributed by atoms with van der Waals surface area (Å²) in [7, 11) is 0. The average Bonchev–Trinajstić information content (AvgIpc) is 3.40. The third-order valence-electron chi connectivity index (χ3n) is 4.42. The molecule has 2 N–H and O–H groups in total. The summed E-state index contributed by atoms with van der Waals surface area (Å²) in [5.74, 6) is 1.64. The number of hydrogen-bond donors (Lipinski definition) is 2. The molecule has 4 rings (SSSR count). The van der Waals surface area contributed by atoms with Gasteiger partial charge < -0.3 is 15.1 Å². The van der Waals surface area contributed by atoms with Crippen molar-refractivity contribution in [2.24, 2.45) is 4.99 Å². The minimum absolute atomic E-state index is 0. The number of rotatable bonds is 7. The lowest BCUT2D eigenvalue weighted by Gasteiger charge is -2.10. The van der Waals surface area contributed by atoms with Crippen molar-refractivity contribution in [3.8, 4) is 11.5 Å². The van der Waals surface area contributed by atoms with Crippen molar-refractivity contribution in [2.75, 3.05) is 13.1 Å². The molecule has 0 amide bonds. The highest BCUT2D eigenvalue weighted by molar-refractivity contribution is 14.0. The molecule has 0 aliphatic carbocycles. The van der Waals surface area contributed by atoms with E-state index < -0.39 is 0 Å². The average molecular weight is 535 g/mol. The summed E-state index contributed by atoms with van der Waals surface area (Å²) < 4.78 is 20.5. The molecule has 1 aromatic carbocycles. The Morgan fingerprint density at radius 2 is 1.97 bits per heavy atom. The fourth-order valence-electron chi connectivity index (χ4n) is 2.95. The Kier molecular flexibility index (Phi) is 7.93. The van der Waals surface area contributed by atoms with Gasteiger partial charge in [-0.25, -0.2) is 14.4 Å². The van der Waals surface area contributed by atoms with Crippen molar-refractivity contribution in [3.63, 3.8) is 0 Å². The highest BCUT2D eigenvalue weighted by Gasteiger charge is 2.08. The standard InChI is InChI=1S/C21H22FN7O.HI/c1-2-23-21(25-13-19-28-27-18-5-3-4-12-29(18)19)24-11-10-17-14-30-20(26-17)15-6-8-16(22)9-7-15;/h3-9,12,14H,2,10-11,13H2,1H3,(H2,23,24,25);1H. The first-order chi connectivity index (χ1) is 14.7. The molecule has 31 heavy (non-hydrogen) atoms. The third-order valence-corrected chi connectivity index (χ3v) is 4.42. The minimum atomic E-state index is -0.288. The molecule has 0 atom stereocenters. The van der Waals surface area contributed by atoms with E-state index in [2.05, 4.69) is 30.8 Å². The zero-order valence-corrected chi connectivity index (χ0v) is 19.3. The van der Waals surface area contributed by atoms with E-state index in [0.717, 1.165) is 29.3 Å². The molecule has 10 heteroatoms. The number of aliphatic imine (C=N–C) groups is 1. The first-order valence-corrected chi connectivity index (χ1v) is 9.74. The van der Waals surface area contributed by atoms with E-state index in [1.165, 1.54) is 12.1 Å². The van der Waals surface area contributed by atoms with E-state index in [0.29, 0.717) is 31.4 Å². The smallest absolute Gasteiger partial charge is 0.226 e. The summed E-state index contributed by atoms with van der Waals surface area (Å²) in [5.41, 5.74) is 2.34. The largest absolute Gasteiger partial charge is 0.444 e. The zero-order valence-electron chi connectivity index (χ0n) is 17.0. The fourth-order valence-corrected chi connectivity index (χ4v) is 2.95. The number of halogens is 2. The van der Waals surface area contributed by atoms with Crippen LogP contribution in [0.25, 0.3) is 17.1 Å². The maximum Gasteiger partial charge on any atom is 0.226 e. The number of nitrogens with zero attached hydrogens (tertiary/aromatic N) is 5. The number of nitrogens with one attached hydrogen (secondary N) is 2. The van der Waals surface area contributed by atoms with Crippen LogP contribution in [0.15, 0.2) is 64.3 Å². The molecule has 3 aromatic heterocycles. The zero-order chi connectivity index (χ0) is 20.8. The number of oxazole rings is 1. The Balaban J connectivity index is 0.00000272. The quantitative estimate of drug-likeness (QED) is 0.214. The van der Waals surface area contributed by atoms with Crippen molar-refractivity contribution < 1.29 is 8.81 Å². The Bertz CT molecular complexity index is 1140. The molecule has 0 spiro atoms. The van der Waals surface area contributed by atoms with Gasteiger partial charge in [0.05, 0.1) is 5.69 Å². The normalized spacial score (nSPS) is 11.4. The molecular weight excluding hydrogens is 512 g/mol. The summed E-state index contributed by atoms with van der Waals surface area (Å²) in [6.07, 6.45) is 4.19. The second kappa shape index (κ2) is 10.8. The molecular formula is C21H23FIN7O. The molecule has 0 bridgehead atoms. The molecule has 0 aliphatic rings. The Hall–Kier alpha value is -3.02. The lowest BCUT2D eigenvalue weighted by atomic mass is 10.2. The molecule has 0 unspecified atom stereocenters. The predicted octanol–water partition coefficient (Wildman–Crippen LogP) is 3.44. The van der Waals surface area contributed by atoms with Gasteiger partial charge >= 0.3 is 0 Å². The lowest BCUT2D eigenvalue weighted by Crippen LogP contribution is -2.38. The van der Waals surface area contributed by atoms with E-state index in [9.17, 15) is 4.39 Å². The van der Waals surface area contributed by atoms with Crippen molar-refractivity contribution in [1.82, 2.24) is 30.2 Å². The predicted molar refractivity (Wildman–Crippen MR) is 127 cm³/mol. The van der Waals surface area contributed by atoms with Crippen LogP contribution >= 0.6 is 24.0 Å². The molecule has 8 nitrogen and oxygen atoms in total. The van der Waals surface area contributed by atoms with E-state index in [-0.39, 0.29) is 29.8 Å². The van der Waals surface area contributed by atoms with Crippen LogP contribution in [0, 0.1) is 5.82 Å². The summed E-state index contributed by atoms with van der Waals surface area (Å²) in [6, 6.07) is 11.8. The SMILES string of the molecule is CCNC(=NCc1nnc2ccccn12)NCCc1coc(-c2ccc(F)cc2)n1.I. The number of aromatic nitrogens is 4. The number of benzene rings is 1. The Labute approximate surface area is 196 Å². The number of hydrogen-bond acceptors (Lipinski definition) is 5. The van der Waals surface area contributed by atoms with Crippen molar-refractivity contribution >= 4 is 35.6 Å². The van der Waals surface area contributed by atoms with E-state index >= 15 is 0 Å². The van der Waals surface area contributed by atoms with Crippen LogP contribution < -0.4 is 10.6 Å². The topological polar surface area (TPSA) is 92.6 Å². The van der Waals surface area contributed by atoms with Crippen LogP contribution in [0.4, 0.5) is 4.39 Å². The van der Waals surface area contributed by atoms with Gasteiger partial charge in [-0.3, -0.25) is 4.40 Å². The molecule has 0 saturated heterocycles. The van der Waals surface area contributed by atoms with E-state index in [1.54, 1.807) is 18.4 Å². The number of pyridine rings is 1. The summed E-state index contributed by atoms with van der Waals surface area (Å²) >= 11 is 0. The molecule has 0 saturated carbocycles. The highest BCUT2D eigenvalue weighted by atomic mass is 127. The van der Waals surface area contributed by atoms with Crippen LogP contribution in [0.1, 0.15) is 18.4 Å². The van der Waals surface area contributed by atoms with Crippen LogP contribution in [-0.2, 0) is 13.0 Å². The first-order valence-electron chi connectivity index (χ1n) is 9.74. The molecule has 0 aliphatic heterocycles. The van der Waals surface area contributed by atoms with Gasteiger partial charge in [0.15, 0.2) is 17.4 Å². The van der Waals surface area contributed by atoms with Gasteiger partial charge in [0.2, 0.25) is 5.89 Å². The van der Waals surface area contributed by atoms with Crippen LogP contribution in [0.5, 0.6) is 0 Å². The van der Waals surface area contributed by atoms with Crippen LogP contribution in [-0.4, -0.2) is 38.6 Å². The van der Waals surface area contributed by atoms with Crippen molar-refractivity contribution in [1.29, 1.82) is 0 Å². The highest BCUT2D eigenvalue weighted by Crippen LogP contribution is 2.19. The van der Waals surface area contributed by atoms with Crippen LogP contribution in [0.2, 0.25) is 0 Å². The Morgan fingerprint density at radius 3 is 2.77 bits per heavy atom. The molecule has 4 aromatic rings. The van der Waals surface area contributed by atoms with E-state index in [4.69, 9.17) is 4.42 Å². The van der Waals surface area contributed by atoms with Crippen LogP contribution in [0.3, 0.4) is 0 Å². The van der Waals surface area contributed by atoms with Crippen molar-refractivity contribution in [2.45, 2.75) is 19.9 Å². The van der Waals surface area contributed by atoms with E-state index in [1.807, 2.05) is 35.7 Å².